The molecule has 42 heavy (non-hydrogen) atoms. The predicted molar refractivity (Wildman–Crippen MR) is 182 cm³/mol. The molecule has 0 aliphatic carbocycles. The fraction of sp³-hybridized carbons (Fsp3) is 0. The van der Waals surface area contributed by atoms with Gasteiger partial charge in [-0.25, -0.2) is 0 Å². The number of aromatic nitrogens is 1. The van der Waals surface area contributed by atoms with Crippen molar-refractivity contribution in [3.63, 3.8) is 0 Å². The number of rotatable bonds is 3. The Kier molecular flexibility index (Phi) is 5.13. The van der Waals surface area contributed by atoms with E-state index in [1.165, 1.54) is 80.7 Å². The molecule has 2 heteroatoms. The molecule has 1 nitrogen and oxygen atoms in total. The Bertz CT molecular complexity index is 2390. The van der Waals surface area contributed by atoms with Crippen molar-refractivity contribution in [3.05, 3.63) is 152 Å². The highest BCUT2D eigenvalue weighted by atomic mass is 32.1. The SMILES string of the molecule is c1ccc(-c2c3ccccc3c(-c3cccc4c5c6ccccc6sc5n(-c5ccccc5)c34)c3ccccc23)cc1. The van der Waals surface area contributed by atoms with Crippen molar-refractivity contribution in [2.75, 3.05) is 0 Å². The summed E-state index contributed by atoms with van der Waals surface area (Å²) in [5.41, 5.74) is 7.54. The number of thiophene rings is 1. The molecular weight excluding hydrogens is 527 g/mol. The summed E-state index contributed by atoms with van der Waals surface area (Å²) in [6.07, 6.45) is 0. The van der Waals surface area contributed by atoms with Gasteiger partial charge in [0, 0.05) is 32.1 Å². The Labute approximate surface area is 247 Å². The number of fused-ring (bicyclic) bond motifs is 7. The number of para-hydroxylation sites is 2. The van der Waals surface area contributed by atoms with Crippen molar-refractivity contribution in [1.29, 1.82) is 0 Å². The summed E-state index contributed by atoms with van der Waals surface area (Å²) < 4.78 is 3.82. The van der Waals surface area contributed by atoms with Gasteiger partial charge in [-0.1, -0.05) is 133 Å². The monoisotopic (exact) mass is 551 g/mol. The van der Waals surface area contributed by atoms with Gasteiger partial charge < -0.3 is 4.57 Å². The van der Waals surface area contributed by atoms with Gasteiger partial charge in [0.05, 0.1) is 5.52 Å². The molecule has 196 valence electrons. The second-order valence-electron chi connectivity index (χ2n) is 10.9. The smallest absolute Gasteiger partial charge is 0.109 e. The predicted octanol–water partition coefficient (Wildman–Crippen LogP) is 11.6. The van der Waals surface area contributed by atoms with Gasteiger partial charge in [-0.2, -0.15) is 0 Å². The molecule has 2 heterocycles. The van der Waals surface area contributed by atoms with E-state index >= 15 is 0 Å². The fourth-order valence-corrected chi connectivity index (χ4v) is 8.14. The summed E-state index contributed by atoms with van der Waals surface area (Å²) in [5, 5.41) is 9.06. The molecule has 0 radical (unpaired) electrons. The van der Waals surface area contributed by atoms with Crippen LogP contribution in [0.3, 0.4) is 0 Å². The molecule has 0 amide bonds. The molecule has 0 N–H and O–H groups in total. The van der Waals surface area contributed by atoms with Crippen LogP contribution < -0.4 is 0 Å². The maximum absolute atomic E-state index is 2.50. The number of hydrogen-bond acceptors (Lipinski definition) is 1. The van der Waals surface area contributed by atoms with Crippen LogP contribution in [0.25, 0.3) is 80.7 Å². The summed E-state index contributed by atoms with van der Waals surface area (Å²) in [6.45, 7) is 0. The Morgan fingerprint density at radius 2 is 0.929 bits per heavy atom. The first-order valence-corrected chi connectivity index (χ1v) is 15.2. The minimum Gasteiger partial charge on any atom is -0.300 e. The Balaban J connectivity index is 1.50. The Morgan fingerprint density at radius 1 is 0.405 bits per heavy atom. The van der Waals surface area contributed by atoms with E-state index in [-0.39, 0.29) is 0 Å². The first-order chi connectivity index (χ1) is 20.9. The molecule has 9 aromatic rings. The lowest BCUT2D eigenvalue weighted by Gasteiger charge is -2.19. The van der Waals surface area contributed by atoms with Gasteiger partial charge in [0.15, 0.2) is 0 Å². The van der Waals surface area contributed by atoms with Crippen molar-refractivity contribution in [2.24, 2.45) is 0 Å². The van der Waals surface area contributed by atoms with Crippen molar-refractivity contribution < 1.29 is 0 Å². The molecule has 0 saturated heterocycles. The number of hydrogen-bond donors (Lipinski definition) is 0. The molecule has 0 spiro atoms. The van der Waals surface area contributed by atoms with Gasteiger partial charge in [0.2, 0.25) is 0 Å². The molecule has 0 aliphatic rings. The van der Waals surface area contributed by atoms with Crippen molar-refractivity contribution in [2.45, 2.75) is 0 Å². The normalized spacial score (nSPS) is 11.8. The summed E-state index contributed by atoms with van der Waals surface area (Å²) in [4.78, 5) is 1.29. The van der Waals surface area contributed by atoms with Crippen LogP contribution in [0.2, 0.25) is 0 Å². The minimum atomic E-state index is 1.19. The highest BCUT2D eigenvalue weighted by Crippen LogP contribution is 2.49. The van der Waals surface area contributed by atoms with Crippen molar-refractivity contribution in [3.8, 4) is 27.9 Å². The largest absolute Gasteiger partial charge is 0.300 e. The van der Waals surface area contributed by atoms with E-state index in [1.54, 1.807) is 0 Å². The first kappa shape index (κ1) is 23.5. The van der Waals surface area contributed by atoms with Crippen LogP contribution >= 0.6 is 11.3 Å². The summed E-state index contributed by atoms with van der Waals surface area (Å²) in [5.74, 6) is 0. The average molecular weight is 552 g/mol. The van der Waals surface area contributed by atoms with Crippen LogP contribution in [0, 0.1) is 0 Å². The molecular formula is C40H25NS. The first-order valence-electron chi connectivity index (χ1n) is 14.4. The van der Waals surface area contributed by atoms with Crippen LogP contribution in [0.15, 0.2) is 152 Å². The molecule has 7 aromatic carbocycles. The highest BCUT2D eigenvalue weighted by Gasteiger charge is 2.23. The second-order valence-corrected chi connectivity index (χ2v) is 11.9. The summed E-state index contributed by atoms with van der Waals surface area (Å²) in [6, 6.07) is 55.2. The van der Waals surface area contributed by atoms with E-state index in [1.807, 2.05) is 11.3 Å². The van der Waals surface area contributed by atoms with Gasteiger partial charge in [-0.05, 0) is 56.4 Å². The van der Waals surface area contributed by atoms with Crippen LogP contribution in [0.1, 0.15) is 0 Å². The molecule has 2 aromatic heterocycles. The zero-order valence-electron chi connectivity index (χ0n) is 22.8. The van der Waals surface area contributed by atoms with Gasteiger partial charge in [-0.15, -0.1) is 11.3 Å². The Morgan fingerprint density at radius 3 is 1.60 bits per heavy atom. The lowest BCUT2D eigenvalue weighted by atomic mass is 9.85. The molecule has 0 fully saturated rings. The molecule has 0 aliphatic heterocycles. The van der Waals surface area contributed by atoms with E-state index in [2.05, 4.69) is 156 Å². The fourth-order valence-electron chi connectivity index (χ4n) is 6.90. The third-order valence-corrected chi connectivity index (χ3v) is 9.74. The maximum Gasteiger partial charge on any atom is 0.109 e. The molecule has 9 rings (SSSR count). The van der Waals surface area contributed by atoms with Crippen LogP contribution in [-0.2, 0) is 0 Å². The van der Waals surface area contributed by atoms with Crippen LogP contribution in [-0.4, -0.2) is 4.57 Å². The summed E-state index contributed by atoms with van der Waals surface area (Å²) >= 11 is 1.88. The van der Waals surface area contributed by atoms with E-state index < -0.39 is 0 Å². The number of nitrogens with zero attached hydrogens (tertiary/aromatic N) is 1. The lowest BCUT2D eigenvalue weighted by molar-refractivity contribution is 1.20. The lowest BCUT2D eigenvalue weighted by Crippen LogP contribution is -1.96. The molecule has 0 bridgehead atoms. The third kappa shape index (κ3) is 3.30. The van der Waals surface area contributed by atoms with Gasteiger partial charge >= 0.3 is 0 Å². The second kappa shape index (κ2) is 9.17. The van der Waals surface area contributed by atoms with E-state index in [9.17, 15) is 0 Å². The highest BCUT2D eigenvalue weighted by molar-refractivity contribution is 7.25. The zero-order chi connectivity index (χ0) is 27.6. The van der Waals surface area contributed by atoms with Gasteiger partial charge in [0.25, 0.3) is 0 Å². The number of benzene rings is 7. The van der Waals surface area contributed by atoms with Crippen molar-refractivity contribution >= 4 is 64.1 Å². The van der Waals surface area contributed by atoms with Crippen LogP contribution in [0.4, 0.5) is 0 Å². The maximum atomic E-state index is 2.50. The van der Waals surface area contributed by atoms with Crippen molar-refractivity contribution in [1.82, 2.24) is 4.57 Å². The quantitative estimate of drug-likeness (QED) is 0.192. The average Bonchev–Trinajstić information content (AvgIpc) is 3.59. The zero-order valence-corrected chi connectivity index (χ0v) is 23.6. The molecule has 0 saturated carbocycles. The van der Waals surface area contributed by atoms with Crippen LogP contribution in [0.5, 0.6) is 0 Å². The van der Waals surface area contributed by atoms with E-state index in [4.69, 9.17) is 0 Å². The van der Waals surface area contributed by atoms with E-state index in [0.29, 0.717) is 0 Å². The minimum absolute atomic E-state index is 1.19. The molecule has 0 atom stereocenters. The third-order valence-electron chi connectivity index (χ3n) is 8.59. The Hall–Kier alpha value is -5.18. The summed E-state index contributed by atoms with van der Waals surface area (Å²) in [7, 11) is 0. The molecule has 0 unspecified atom stereocenters. The van der Waals surface area contributed by atoms with E-state index in [0.717, 1.165) is 0 Å². The standard InChI is InChI=1S/C40H25NS/c1-3-14-26(15-4-1)36-28-18-7-9-20-30(28)37(31-21-10-8-19-29(31)36)33-23-13-24-34-38-32-22-11-12-25-35(32)42-40(38)41(39(33)34)27-16-5-2-6-17-27/h1-25H. The van der Waals surface area contributed by atoms with Gasteiger partial charge in [-0.3, -0.25) is 0 Å². The van der Waals surface area contributed by atoms with Gasteiger partial charge in [0.1, 0.15) is 4.83 Å². The topological polar surface area (TPSA) is 4.93 Å².